The minimum Gasteiger partial charge on any atom is -0.486 e. The maximum atomic E-state index is 11.3. The van der Waals surface area contributed by atoms with Gasteiger partial charge in [-0.3, -0.25) is 9.97 Å². The number of carboxylic acids is 1. The zero-order valence-electron chi connectivity index (χ0n) is 11.4. The van der Waals surface area contributed by atoms with E-state index in [0.29, 0.717) is 17.0 Å². The number of aromatic nitrogens is 3. The van der Waals surface area contributed by atoms with E-state index >= 15 is 0 Å². The van der Waals surface area contributed by atoms with Gasteiger partial charge in [0.05, 0.1) is 18.1 Å². The lowest BCUT2D eigenvalue weighted by Crippen LogP contribution is -2.04. The smallest absolute Gasteiger partial charge is 0.353 e. The van der Waals surface area contributed by atoms with Crippen molar-refractivity contribution in [3.05, 3.63) is 59.9 Å². The summed E-state index contributed by atoms with van der Waals surface area (Å²) in [6.07, 6.45) is 6.49. The van der Waals surface area contributed by atoms with Gasteiger partial charge in [-0.1, -0.05) is 0 Å². The molecule has 0 saturated carbocycles. The van der Waals surface area contributed by atoms with Crippen LogP contribution in [0, 0.1) is 6.92 Å². The fourth-order valence-corrected chi connectivity index (χ4v) is 2.20. The van der Waals surface area contributed by atoms with Crippen LogP contribution in [-0.2, 0) is 6.61 Å². The van der Waals surface area contributed by atoms with Crippen LogP contribution in [0.4, 0.5) is 0 Å². The van der Waals surface area contributed by atoms with Crippen molar-refractivity contribution in [2.45, 2.75) is 13.5 Å². The molecule has 0 aliphatic carbocycles. The van der Waals surface area contributed by atoms with Crippen LogP contribution in [0.1, 0.15) is 21.7 Å². The number of carboxylic acid groups (broad SMARTS) is 1. The average Bonchev–Trinajstić information content (AvgIpc) is 2.81. The third-order valence-electron chi connectivity index (χ3n) is 3.14. The lowest BCUT2D eigenvalue weighted by atomic mass is 10.3. The normalized spacial score (nSPS) is 10.7. The van der Waals surface area contributed by atoms with Crippen molar-refractivity contribution in [1.82, 2.24) is 14.4 Å². The Morgan fingerprint density at radius 1 is 1.38 bits per heavy atom. The number of nitrogens with zero attached hydrogens (tertiary/aromatic N) is 3. The van der Waals surface area contributed by atoms with Crippen LogP contribution in [0.5, 0.6) is 5.75 Å². The molecule has 0 spiro atoms. The van der Waals surface area contributed by atoms with Gasteiger partial charge in [-0.2, -0.15) is 0 Å². The first-order valence-electron chi connectivity index (χ1n) is 6.38. The molecule has 0 radical (unpaired) electrons. The Morgan fingerprint density at radius 3 is 2.95 bits per heavy atom. The molecule has 0 aliphatic heterocycles. The second-order valence-corrected chi connectivity index (χ2v) is 4.63. The minimum atomic E-state index is -0.960. The van der Waals surface area contributed by atoms with Gasteiger partial charge in [0.1, 0.15) is 18.1 Å². The first kappa shape index (κ1) is 13.1. The van der Waals surface area contributed by atoms with Gasteiger partial charge in [0, 0.05) is 17.9 Å². The fraction of sp³-hybridized carbons (Fsp3) is 0.133. The van der Waals surface area contributed by atoms with E-state index in [9.17, 15) is 9.90 Å². The number of hydrogen-bond donors (Lipinski definition) is 1. The predicted octanol–water partition coefficient (Wildman–Crippen LogP) is 2.31. The van der Waals surface area contributed by atoms with Crippen LogP contribution in [0.15, 0.2) is 43.0 Å². The summed E-state index contributed by atoms with van der Waals surface area (Å²) in [4.78, 5) is 19.4. The number of aryl methyl sites for hydroxylation is 1. The van der Waals surface area contributed by atoms with Crippen molar-refractivity contribution in [1.29, 1.82) is 0 Å². The van der Waals surface area contributed by atoms with Crippen molar-refractivity contribution >= 4 is 11.5 Å². The number of ether oxygens (including phenoxy) is 1. The van der Waals surface area contributed by atoms with Crippen molar-refractivity contribution in [3.8, 4) is 5.75 Å². The Morgan fingerprint density at radius 2 is 2.24 bits per heavy atom. The molecule has 3 rings (SSSR count). The van der Waals surface area contributed by atoms with E-state index in [1.165, 1.54) is 0 Å². The van der Waals surface area contributed by atoms with Crippen LogP contribution in [0.3, 0.4) is 0 Å². The molecule has 0 saturated heterocycles. The van der Waals surface area contributed by atoms with Crippen LogP contribution in [-0.4, -0.2) is 25.4 Å². The van der Waals surface area contributed by atoms with Gasteiger partial charge in [0.15, 0.2) is 0 Å². The molecule has 0 aromatic carbocycles. The van der Waals surface area contributed by atoms with E-state index in [-0.39, 0.29) is 12.3 Å². The number of hydrogen-bond acceptors (Lipinski definition) is 4. The zero-order chi connectivity index (χ0) is 14.8. The molecule has 21 heavy (non-hydrogen) atoms. The number of rotatable bonds is 4. The Labute approximate surface area is 120 Å². The summed E-state index contributed by atoms with van der Waals surface area (Å²) in [6, 6.07) is 5.46. The standard InChI is InChI=1S/C15H13N3O3/c1-10-6-12-2-3-13(8-18(12)14(10)15(19)20)21-9-11-7-16-4-5-17-11/h2-8H,9H2,1H3,(H,19,20). The summed E-state index contributed by atoms with van der Waals surface area (Å²) < 4.78 is 7.24. The average molecular weight is 283 g/mol. The largest absolute Gasteiger partial charge is 0.486 e. The van der Waals surface area contributed by atoms with E-state index in [1.807, 2.05) is 12.1 Å². The second kappa shape index (κ2) is 5.24. The van der Waals surface area contributed by atoms with Crippen molar-refractivity contribution in [2.75, 3.05) is 0 Å². The lowest BCUT2D eigenvalue weighted by molar-refractivity contribution is 0.0688. The van der Waals surface area contributed by atoms with E-state index in [0.717, 1.165) is 5.52 Å². The second-order valence-electron chi connectivity index (χ2n) is 4.63. The highest BCUT2D eigenvalue weighted by molar-refractivity contribution is 5.89. The molecular formula is C15H13N3O3. The maximum absolute atomic E-state index is 11.3. The molecule has 0 atom stereocenters. The van der Waals surface area contributed by atoms with Crippen molar-refractivity contribution < 1.29 is 14.6 Å². The van der Waals surface area contributed by atoms with Gasteiger partial charge >= 0.3 is 5.97 Å². The summed E-state index contributed by atoms with van der Waals surface area (Å²) >= 11 is 0. The summed E-state index contributed by atoms with van der Waals surface area (Å²) in [7, 11) is 0. The molecule has 3 aromatic rings. The number of aromatic carboxylic acids is 1. The summed E-state index contributed by atoms with van der Waals surface area (Å²) in [6.45, 7) is 2.05. The molecule has 0 unspecified atom stereocenters. The molecule has 1 N–H and O–H groups in total. The molecular weight excluding hydrogens is 270 g/mol. The molecule has 0 aliphatic rings. The number of carbonyl (C=O) groups is 1. The minimum absolute atomic E-state index is 0.245. The highest BCUT2D eigenvalue weighted by atomic mass is 16.5. The van der Waals surface area contributed by atoms with Crippen molar-refractivity contribution in [3.63, 3.8) is 0 Å². The Kier molecular flexibility index (Phi) is 3.27. The third-order valence-corrected chi connectivity index (χ3v) is 3.14. The molecule has 6 nitrogen and oxygen atoms in total. The van der Waals surface area contributed by atoms with Gasteiger partial charge < -0.3 is 14.2 Å². The monoisotopic (exact) mass is 283 g/mol. The van der Waals surface area contributed by atoms with Crippen molar-refractivity contribution in [2.24, 2.45) is 0 Å². The summed E-state index contributed by atoms with van der Waals surface area (Å²) in [5, 5.41) is 9.27. The lowest BCUT2D eigenvalue weighted by Gasteiger charge is -2.07. The molecule has 106 valence electrons. The predicted molar refractivity (Wildman–Crippen MR) is 75.5 cm³/mol. The van der Waals surface area contributed by atoms with Crippen LogP contribution in [0.2, 0.25) is 0 Å². The number of fused-ring (bicyclic) bond motifs is 1. The fourth-order valence-electron chi connectivity index (χ4n) is 2.20. The zero-order valence-corrected chi connectivity index (χ0v) is 11.4. The number of pyridine rings is 1. The van der Waals surface area contributed by atoms with Gasteiger partial charge in [0.25, 0.3) is 0 Å². The first-order valence-corrected chi connectivity index (χ1v) is 6.38. The SMILES string of the molecule is Cc1cc2ccc(OCc3cnccn3)cn2c1C(=O)O. The van der Waals surface area contributed by atoms with E-state index in [2.05, 4.69) is 9.97 Å². The Bertz CT molecular complexity index is 797. The van der Waals surface area contributed by atoms with E-state index in [4.69, 9.17) is 4.74 Å². The molecule has 6 heteroatoms. The van der Waals surface area contributed by atoms with Gasteiger partial charge in [-0.25, -0.2) is 4.79 Å². The topological polar surface area (TPSA) is 76.7 Å². The van der Waals surface area contributed by atoms with E-state index in [1.54, 1.807) is 42.2 Å². The van der Waals surface area contributed by atoms with Crippen LogP contribution in [0.25, 0.3) is 5.52 Å². The van der Waals surface area contributed by atoms with Gasteiger partial charge in [-0.05, 0) is 30.7 Å². The quantitative estimate of drug-likeness (QED) is 0.795. The highest BCUT2D eigenvalue weighted by Crippen LogP contribution is 2.21. The highest BCUT2D eigenvalue weighted by Gasteiger charge is 2.14. The summed E-state index contributed by atoms with van der Waals surface area (Å²) in [5.41, 5.74) is 2.49. The molecule has 0 amide bonds. The van der Waals surface area contributed by atoms with Crippen LogP contribution >= 0.6 is 0 Å². The molecule has 0 fully saturated rings. The summed E-state index contributed by atoms with van der Waals surface area (Å²) in [5.74, 6) is -0.384. The first-order chi connectivity index (χ1) is 10.1. The Hall–Kier alpha value is -2.89. The van der Waals surface area contributed by atoms with Crippen LogP contribution < -0.4 is 4.74 Å². The molecule has 0 bridgehead atoms. The molecule has 3 aromatic heterocycles. The third kappa shape index (κ3) is 2.55. The molecule has 3 heterocycles. The van der Waals surface area contributed by atoms with E-state index < -0.39 is 5.97 Å². The Balaban J connectivity index is 1.90. The van der Waals surface area contributed by atoms with Gasteiger partial charge in [-0.15, -0.1) is 0 Å². The van der Waals surface area contributed by atoms with Gasteiger partial charge in [0.2, 0.25) is 0 Å². The maximum Gasteiger partial charge on any atom is 0.353 e.